The van der Waals surface area contributed by atoms with Crippen LogP contribution in [0.3, 0.4) is 0 Å². The number of carbonyl (C=O) groups excluding carboxylic acids is 2. The van der Waals surface area contributed by atoms with E-state index in [1.807, 2.05) is 14.1 Å². The quantitative estimate of drug-likeness (QED) is 0.572. The first kappa shape index (κ1) is 23.0. The van der Waals surface area contributed by atoms with Crippen molar-refractivity contribution in [2.75, 3.05) is 29.6 Å². The minimum atomic E-state index is -0.235. The Hall–Kier alpha value is -3.16. The smallest absolute Gasteiger partial charge is 0.319 e. The van der Waals surface area contributed by atoms with E-state index >= 15 is 0 Å². The van der Waals surface area contributed by atoms with Crippen molar-refractivity contribution in [3.63, 3.8) is 0 Å². The van der Waals surface area contributed by atoms with Crippen LogP contribution in [-0.2, 0) is 12.8 Å². The summed E-state index contributed by atoms with van der Waals surface area (Å²) < 4.78 is 0. The first-order valence-corrected chi connectivity index (χ1v) is 11.9. The van der Waals surface area contributed by atoms with Gasteiger partial charge in [0.15, 0.2) is 5.78 Å². The molecule has 176 valence electrons. The highest BCUT2D eigenvalue weighted by Gasteiger charge is 2.25. The molecule has 1 aromatic heterocycles. The molecular weight excluding hydrogens is 416 g/mol. The molecule has 1 fully saturated rings. The first-order valence-electron chi connectivity index (χ1n) is 11.9. The second-order valence-corrected chi connectivity index (χ2v) is 9.33. The number of hydrogen-bond acceptors (Lipinski definition) is 6. The zero-order valence-electron chi connectivity index (χ0n) is 19.8. The predicted octanol–water partition coefficient (Wildman–Crippen LogP) is 4.17. The number of aromatic nitrogens is 2. The maximum Gasteiger partial charge on any atom is 0.319 e. The Labute approximate surface area is 195 Å². The van der Waals surface area contributed by atoms with Gasteiger partial charge in [0.25, 0.3) is 0 Å². The zero-order chi connectivity index (χ0) is 23.4. The molecule has 2 aliphatic carbocycles. The van der Waals surface area contributed by atoms with E-state index in [0.717, 1.165) is 50.3 Å². The van der Waals surface area contributed by atoms with Gasteiger partial charge >= 0.3 is 6.03 Å². The molecule has 0 saturated heterocycles. The highest BCUT2D eigenvalue weighted by molar-refractivity contribution is 5.96. The monoisotopic (exact) mass is 450 g/mol. The van der Waals surface area contributed by atoms with Crippen molar-refractivity contribution >= 4 is 29.3 Å². The van der Waals surface area contributed by atoms with Crippen LogP contribution in [0.25, 0.3) is 0 Å². The second-order valence-electron chi connectivity index (χ2n) is 9.33. The topological polar surface area (TPSA) is 99.2 Å². The Kier molecular flexibility index (Phi) is 7.11. The molecule has 1 heterocycles. The summed E-state index contributed by atoms with van der Waals surface area (Å²) >= 11 is 0. The van der Waals surface area contributed by atoms with Crippen molar-refractivity contribution < 1.29 is 9.59 Å². The molecule has 4 rings (SSSR count). The Balaban J connectivity index is 1.29. The summed E-state index contributed by atoms with van der Waals surface area (Å²) in [7, 11) is 4.08. The maximum absolute atomic E-state index is 12.4. The Morgan fingerprint density at radius 2 is 1.73 bits per heavy atom. The van der Waals surface area contributed by atoms with Gasteiger partial charge in [0.1, 0.15) is 5.82 Å². The summed E-state index contributed by atoms with van der Waals surface area (Å²) in [6, 6.07) is 7.19. The van der Waals surface area contributed by atoms with Crippen LogP contribution in [-0.4, -0.2) is 48.0 Å². The third-order valence-electron chi connectivity index (χ3n) is 6.51. The maximum atomic E-state index is 12.4. The van der Waals surface area contributed by atoms with Crippen molar-refractivity contribution in [2.24, 2.45) is 0 Å². The van der Waals surface area contributed by atoms with E-state index in [1.54, 1.807) is 24.3 Å². The molecule has 8 nitrogen and oxygen atoms in total. The van der Waals surface area contributed by atoms with E-state index in [2.05, 4.69) is 20.9 Å². The van der Waals surface area contributed by atoms with Crippen molar-refractivity contribution in [3.05, 3.63) is 41.1 Å². The van der Waals surface area contributed by atoms with Crippen LogP contribution in [0.2, 0.25) is 0 Å². The van der Waals surface area contributed by atoms with E-state index in [4.69, 9.17) is 9.97 Å². The lowest BCUT2D eigenvalue weighted by Gasteiger charge is -2.30. The first-order chi connectivity index (χ1) is 15.9. The fourth-order valence-corrected chi connectivity index (χ4v) is 4.74. The van der Waals surface area contributed by atoms with Gasteiger partial charge in [-0.05, 0) is 70.4 Å². The number of nitrogens with zero attached hydrogens (tertiary/aromatic N) is 3. The van der Waals surface area contributed by atoms with Crippen LogP contribution in [0.4, 0.5) is 22.2 Å². The van der Waals surface area contributed by atoms with Gasteiger partial charge in [0.2, 0.25) is 5.95 Å². The van der Waals surface area contributed by atoms with E-state index in [1.165, 1.54) is 31.0 Å². The second kappa shape index (κ2) is 10.2. The minimum absolute atomic E-state index is 0.0227. The molecule has 0 unspecified atom stereocenters. The third-order valence-corrected chi connectivity index (χ3v) is 6.51. The fourth-order valence-electron chi connectivity index (χ4n) is 4.74. The molecule has 3 N–H and O–H groups in total. The predicted molar refractivity (Wildman–Crippen MR) is 131 cm³/mol. The summed E-state index contributed by atoms with van der Waals surface area (Å²) in [6.07, 6.45) is 8.15. The number of benzene rings is 1. The molecule has 8 heteroatoms. The van der Waals surface area contributed by atoms with E-state index in [9.17, 15) is 9.59 Å². The van der Waals surface area contributed by atoms with Crippen LogP contribution < -0.4 is 20.9 Å². The van der Waals surface area contributed by atoms with Gasteiger partial charge in [-0.2, -0.15) is 4.98 Å². The number of anilines is 3. The van der Waals surface area contributed by atoms with Crippen LogP contribution in [0.5, 0.6) is 0 Å². The van der Waals surface area contributed by atoms with Gasteiger partial charge in [-0.3, -0.25) is 4.79 Å². The lowest BCUT2D eigenvalue weighted by molar-refractivity contribution is 0.101. The van der Waals surface area contributed by atoms with E-state index in [0.29, 0.717) is 17.3 Å². The highest BCUT2D eigenvalue weighted by Crippen LogP contribution is 2.29. The van der Waals surface area contributed by atoms with Crippen molar-refractivity contribution in [3.8, 4) is 0 Å². The fraction of sp³-hybridized carbons (Fsp3) is 0.520. The summed E-state index contributed by atoms with van der Waals surface area (Å²) in [5, 5.41) is 9.45. The molecule has 0 bridgehead atoms. The van der Waals surface area contributed by atoms with Gasteiger partial charge in [-0.15, -0.1) is 0 Å². The number of aryl methyl sites for hydroxylation is 1. The molecular formula is C25H34N6O2. The van der Waals surface area contributed by atoms with Crippen molar-refractivity contribution in [2.45, 2.75) is 70.4 Å². The average molecular weight is 451 g/mol. The van der Waals surface area contributed by atoms with Gasteiger partial charge in [0, 0.05) is 43.0 Å². The van der Waals surface area contributed by atoms with Crippen LogP contribution in [0.1, 0.15) is 67.1 Å². The number of hydrogen-bond donors (Lipinski definition) is 3. The molecule has 2 aromatic rings. The number of nitrogens with one attached hydrogen (secondary N) is 3. The van der Waals surface area contributed by atoms with E-state index < -0.39 is 0 Å². The number of amides is 2. The average Bonchev–Trinajstić information content (AvgIpc) is 2.80. The van der Waals surface area contributed by atoms with Gasteiger partial charge in [0.05, 0.1) is 5.69 Å². The van der Waals surface area contributed by atoms with Gasteiger partial charge in [-0.1, -0.05) is 12.1 Å². The van der Waals surface area contributed by atoms with Crippen LogP contribution >= 0.6 is 0 Å². The van der Waals surface area contributed by atoms with Gasteiger partial charge < -0.3 is 20.9 Å². The molecule has 0 atom stereocenters. The molecule has 1 aromatic carbocycles. The van der Waals surface area contributed by atoms with Crippen molar-refractivity contribution in [1.82, 2.24) is 15.3 Å². The number of Topliss-reactive ketones (excluding diaryl/α,β-unsaturated/α-hetero) is 1. The van der Waals surface area contributed by atoms with Crippen LogP contribution in [0.15, 0.2) is 24.3 Å². The lowest BCUT2D eigenvalue weighted by Crippen LogP contribution is -2.42. The molecule has 0 aliphatic heterocycles. The summed E-state index contributed by atoms with van der Waals surface area (Å²) in [4.78, 5) is 35.7. The molecule has 1 saturated carbocycles. The molecule has 33 heavy (non-hydrogen) atoms. The number of rotatable bonds is 6. The Bertz CT molecular complexity index is 1010. The summed E-state index contributed by atoms with van der Waals surface area (Å²) in [5.74, 6) is 1.73. The van der Waals surface area contributed by atoms with E-state index in [-0.39, 0.29) is 17.9 Å². The highest BCUT2D eigenvalue weighted by atomic mass is 16.2. The zero-order valence-corrected chi connectivity index (χ0v) is 19.8. The van der Waals surface area contributed by atoms with Crippen LogP contribution in [0, 0.1) is 0 Å². The number of urea groups is 1. The third kappa shape index (κ3) is 5.80. The van der Waals surface area contributed by atoms with Gasteiger partial charge in [-0.25, -0.2) is 9.78 Å². The number of fused-ring (bicyclic) bond motifs is 1. The normalized spacial score (nSPS) is 19.8. The SMILES string of the molecule is CC(=O)c1cccc(NC(=O)N[C@H]2CC[C@@H](Nc3nc4c(c(N(C)C)n3)CCCC4)CC2)c1. The standard InChI is InChI=1S/C25H34N6O2/c1-16(32)17-7-6-8-20(15-17)28-25(33)27-19-13-11-18(12-14-19)26-24-29-22-10-5-4-9-21(22)23(30-24)31(2)3/h6-8,15,18-19H,4-5,9-14H2,1-3H3,(H,26,29,30)(H2,27,28,33)/t18-,19+. The Morgan fingerprint density at radius 3 is 2.45 bits per heavy atom. The van der Waals surface area contributed by atoms with Crippen molar-refractivity contribution in [1.29, 1.82) is 0 Å². The number of ketones is 1. The molecule has 0 spiro atoms. The number of carbonyl (C=O) groups is 2. The Morgan fingerprint density at radius 1 is 1.00 bits per heavy atom. The largest absolute Gasteiger partial charge is 0.362 e. The lowest BCUT2D eigenvalue weighted by atomic mass is 9.91. The molecule has 2 amide bonds. The molecule has 0 radical (unpaired) electrons. The summed E-state index contributed by atoms with van der Waals surface area (Å²) in [5.41, 5.74) is 3.69. The minimum Gasteiger partial charge on any atom is -0.362 e. The molecule has 2 aliphatic rings. The summed E-state index contributed by atoms with van der Waals surface area (Å²) in [6.45, 7) is 1.52.